The van der Waals surface area contributed by atoms with E-state index in [9.17, 15) is 22.0 Å². The van der Waals surface area contributed by atoms with E-state index in [0.717, 1.165) is 39.8 Å². The minimum Gasteiger partial charge on any atom is -0.355 e. The van der Waals surface area contributed by atoms with E-state index in [2.05, 4.69) is 5.32 Å². The fraction of sp³-hybridized carbons (Fsp3) is 0.350. The number of halogens is 3. The zero-order valence-corrected chi connectivity index (χ0v) is 18.8. The number of hydrogen-bond acceptors (Lipinski definition) is 4. The van der Waals surface area contributed by atoms with Crippen LogP contribution >= 0.6 is 23.4 Å². The maximum Gasteiger partial charge on any atom is 0.232 e. The standard InChI is InChI=1S/C20H23ClF2N2O3S2/c1-30(27,28)25(17-7-8-18(22)19(23)13-17)10-3-6-20(26)24-9-11-29-14-15-4-2-5-16(21)12-15/h2,4-5,7-8,12-13H,3,6,9-11,14H2,1H3,(H,24,26). The van der Waals surface area contributed by atoms with Crippen molar-refractivity contribution < 1.29 is 22.0 Å². The highest BCUT2D eigenvalue weighted by molar-refractivity contribution is 7.98. The molecule has 5 nitrogen and oxygen atoms in total. The number of carbonyl (C=O) groups excluding carboxylic acids is 1. The largest absolute Gasteiger partial charge is 0.355 e. The van der Waals surface area contributed by atoms with Gasteiger partial charge in [-0.15, -0.1) is 0 Å². The van der Waals surface area contributed by atoms with Gasteiger partial charge in [0.2, 0.25) is 15.9 Å². The van der Waals surface area contributed by atoms with Crippen molar-refractivity contribution in [1.29, 1.82) is 0 Å². The van der Waals surface area contributed by atoms with Gasteiger partial charge in [0, 0.05) is 42.1 Å². The van der Waals surface area contributed by atoms with Crippen molar-refractivity contribution in [1.82, 2.24) is 5.32 Å². The smallest absolute Gasteiger partial charge is 0.232 e. The number of nitrogens with one attached hydrogen (secondary N) is 1. The summed E-state index contributed by atoms with van der Waals surface area (Å²) < 4.78 is 51.5. The molecule has 0 atom stereocenters. The summed E-state index contributed by atoms with van der Waals surface area (Å²) in [5.41, 5.74) is 1.13. The molecule has 2 rings (SSSR count). The highest BCUT2D eigenvalue weighted by Crippen LogP contribution is 2.21. The molecule has 10 heteroatoms. The van der Waals surface area contributed by atoms with Gasteiger partial charge in [-0.05, 0) is 36.2 Å². The summed E-state index contributed by atoms with van der Waals surface area (Å²) in [7, 11) is -3.70. The molecule has 1 N–H and O–H groups in total. The van der Waals surface area contributed by atoms with Crippen LogP contribution in [0.25, 0.3) is 0 Å². The molecular formula is C20H23ClF2N2O3S2. The first kappa shape index (κ1) is 24.4. The highest BCUT2D eigenvalue weighted by Gasteiger charge is 2.19. The van der Waals surface area contributed by atoms with Crippen molar-refractivity contribution in [2.24, 2.45) is 0 Å². The third kappa shape index (κ3) is 8.12. The lowest BCUT2D eigenvalue weighted by Crippen LogP contribution is -2.32. The Labute approximate surface area is 184 Å². The van der Waals surface area contributed by atoms with Crippen LogP contribution in [0, 0.1) is 11.6 Å². The van der Waals surface area contributed by atoms with Crippen LogP contribution in [0.4, 0.5) is 14.5 Å². The van der Waals surface area contributed by atoms with Gasteiger partial charge in [-0.3, -0.25) is 9.10 Å². The van der Waals surface area contributed by atoms with Gasteiger partial charge in [-0.1, -0.05) is 23.7 Å². The average Bonchev–Trinajstić information content (AvgIpc) is 2.66. The summed E-state index contributed by atoms with van der Waals surface area (Å²) in [6, 6.07) is 10.5. The number of nitrogens with zero attached hydrogens (tertiary/aromatic N) is 1. The molecule has 0 aliphatic rings. The summed E-state index contributed by atoms with van der Waals surface area (Å²) in [6.07, 6.45) is 1.34. The maximum absolute atomic E-state index is 13.4. The van der Waals surface area contributed by atoms with Crippen LogP contribution in [0.1, 0.15) is 18.4 Å². The average molecular weight is 477 g/mol. The molecule has 0 bridgehead atoms. The summed E-state index contributed by atoms with van der Waals surface area (Å²) in [5, 5.41) is 3.47. The van der Waals surface area contributed by atoms with Crippen LogP contribution in [0.2, 0.25) is 5.02 Å². The Hall–Kier alpha value is -1.84. The molecule has 0 saturated carbocycles. The molecule has 0 saturated heterocycles. The number of hydrogen-bond donors (Lipinski definition) is 1. The van der Waals surface area contributed by atoms with E-state index in [4.69, 9.17) is 11.6 Å². The number of rotatable bonds is 11. The second kappa shape index (κ2) is 11.5. The molecule has 164 valence electrons. The van der Waals surface area contributed by atoms with Crippen LogP contribution in [0.3, 0.4) is 0 Å². The minimum absolute atomic E-state index is 0.0131. The number of thioether (sulfide) groups is 1. The van der Waals surface area contributed by atoms with Gasteiger partial charge in [-0.25, -0.2) is 17.2 Å². The number of amides is 1. The van der Waals surface area contributed by atoms with E-state index >= 15 is 0 Å². The van der Waals surface area contributed by atoms with Crippen LogP contribution in [-0.4, -0.2) is 39.4 Å². The van der Waals surface area contributed by atoms with E-state index in [-0.39, 0.29) is 31.0 Å². The Kier molecular flexibility index (Phi) is 9.38. The van der Waals surface area contributed by atoms with E-state index in [0.29, 0.717) is 11.6 Å². The number of carbonyl (C=O) groups is 1. The molecule has 0 aliphatic heterocycles. The Morgan fingerprint density at radius 3 is 2.60 bits per heavy atom. The Bertz CT molecular complexity index is 974. The van der Waals surface area contributed by atoms with Gasteiger partial charge in [0.05, 0.1) is 11.9 Å². The maximum atomic E-state index is 13.4. The Balaban J connectivity index is 1.73. The number of sulfonamides is 1. The second-order valence-electron chi connectivity index (χ2n) is 6.57. The van der Waals surface area contributed by atoms with Gasteiger partial charge in [-0.2, -0.15) is 11.8 Å². The molecule has 0 aromatic heterocycles. The Morgan fingerprint density at radius 1 is 1.17 bits per heavy atom. The van der Waals surface area contributed by atoms with E-state index < -0.39 is 21.7 Å². The summed E-state index contributed by atoms with van der Waals surface area (Å²) in [6.45, 7) is 0.476. The molecule has 2 aromatic rings. The first-order chi connectivity index (χ1) is 14.2. The summed E-state index contributed by atoms with van der Waals surface area (Å²) in [4.78, 5) is 12.0. The van der Waals surface area contributed by atoms with Gasteiger partial charge >= 0.3 is 0 Å². The van der Waals surface area contributed by atoms with E-state index in [1.165, 1.54) is 6.07 Å². The zero-order valence-electron chi connectivity index (χ0n) is 16.4. The lowest BCUT2D eigenvalue weighted by molar-refractivity contribution is -0.121. The number of anilines is 1. The SMILES string of the molecule is CS(=O)(=O)N(CCCC(=O)NCCSCc1cccc(Cl)c1)c1ccc(F)c(F)c1. The monoisotopic (exact) mass is 476 g/mol. The fourth-order valence-corrected chi connectivity index (χ4v) is 4.65. The van der Waals surface area contributed by atoms with Crippen molar-refractivity contribution >= 4 is 45.0 Å². The van der Waals surface area contributed by atoms with Gasteiger partial charge in [0.1, 0.15) is 0 Å². The van der Waals surface area contributed by atoms with Crippen molar-refractivity contribution in [3.63, 3.8) is 0 Å². The highest BCUT2D eigenvalue weighted by atomic mass is 35.5. The van der Waals surface area contributed by atoms with Crippen molar-refractivity contribution in [3.05, 3.63) is 64.7 Å². The molecule has 0 unspecified atom stereocenters. The number of benzene rings is 2. The topological polar surface area (TPSA) is 66.5 Å². The predicted octanol–water partition coefficient (Wildman–Crippen LogP) is 4.21. The van der Waals surface area contributed by atoms with Crippen molar-refractivity contribution in [3.8, 4) is 0 Å². The molecule has 0 spiro atoms. The lowest BCUT2D eigenvalue weighted by Gasteiger charge is -2.22. The Morgan fingerprint density at radius 2 is 1.93 bits per heavy atom. The quantitative estimate of drug-likeness (QED) is 0.493. The third-order valence-electron chi connectivity index (χ3n) is 4.08. The first-order valence-electron chi connectivity index (χ1n) is 9.18. The van der Waals surface area contributed by atoms with Crippen molar-refractivity contribution in [2.75, 3.05) is 29.4 Å². The molecule has 1 amide bonds. The lowest BCUT2D eigenvalue weighted by atomic mass is 10.2. The van der Waals surface area contributed by atoms with Crippen LogP contribution < -0.4 is 9.62 Å². The molecule has 0 fully saturated rings. The van der Waals surface area contributed by atoms with Crippen LogP contribution in [0.5, 0.6) is 0 Å². The van der Waals surface area contributed by atoms with Crippen LogP contribution in [-0.2, 0) is 20.6 Å². The summed E-state index contributed by atoms with van der Waals surface area (Å²) >= 11 is 7.60. The zero-order chi connectivity index (χ0) is 22.1. The van der Waals surface area contributed by atoms with Crippen LogP contribution in [0.15, 0.2) is 42.5 Å². The normalized spacial score (nSPS) is 11.3. The molecule has 0 heterocycles. The van der Waals surface area contributed by atoms with E-state index in [1.807, 2.05) is 24.3 Å². The molecule has 30 heavy (non-hydrogen) atoms. The minimum atomic E-state index is -3.70. The van der Waals surface area contributed by atoms with Gasteiger partial charge in [0.15, 0.2) is 11.6 Å². The molecule has 0 radical (unpaired) electrons. The second-order valence-corrected chi connectivity index (χ2v) is 10.0. The molecule has 2 aromatic carbocycles. The van der Waals surface area contributed by atoms with Gasteiger partial charge < -0.3 is 5.32 Å². The molecule has 0 aliphatic carbocycles. The predicted molar refractivity (Wildman–Crippen MR) is 118 cm³/mol. The van der Waals surface area contributed by atoms with E-state index in [1.54, 1.807) is 11.8 Å². The fourth-order valence-electron chi connectivity index (χ4n) is 2.68. The first-order valence-corrected chi connectivity index (χ1v) is 12.6. The van der Waals surface area contributed by atoms with Gasteiger partial charge in [0.25, 0.3) is 0 Å². The molecular weight excluding hydrogens is 454 g/mol. The summed E-state index contributed by atoms with van der Waals surface area (Å²) in [5.74, 6) is -0.873. The third-order valence-corrected chi connectivity index (χ3v) is 6.54. The van der Waals surface area contributed by atoms with Crippen molar-refractivity contribution in [2.45, 2.75) is 18.6 Å².